The van der Waals surface area contributed by atoms with Gasteiger partial charge in [0.2, 0.25) is 5.90 Å². The fraction of sp³-hybridized carbons (Fsp3) is 0. The first kappa shape index (κ1) is 15.1. The number of aliphatic imine (C=N–C) groups is 1. The Morgan fingerprint density at radius 1 is 1.00 bits per heavy atom. The van der Waals surface area contributed by atoms with Crippen LogP contribution in [0.3, 0.4) is 0 Å². The lowest BCUT2D eigenvalue weighted by molar-refractivity contribution is -0.129. The van der Waals surface area contributed by atoms with Gasteiger partial charge in [-0.05, 0) is 42.0 Å². The summed E-state index contributed by atoms with van der Waals surface area (Å²) in [7, 11) is 0. The lowest BCUT2D eigenvalue weighted by atomic mass is 10.2. The normalized spacial score (nSPS) is 15.9. The molecule has 0 spiro atoms. The zero-order valence-electron chi connectivity index (χ0n) is 11.0. The number of ether oxygens (including phenoxy) is 1. The average molecular weight is 353 g/mol. The van der Waals surface area contributed by atoms with E-state index in [9.17, 15) is 4.79 Å². The summed E-state index contributed by atoms with van der Waals surface area (Å²) in [4.78, 5) is 16.1. The molecular weight excluding hydrogens is 345 g/mol. The standard InChI is InChI=1S/C16H8Cl3NO2/c17-10-3-1-2-9(6-10)7-14-16(21)22-15(20-14)12-5-4-11(18)8-13(12)19/h1-8H. The Bertz CT molecular complexity index is 828. The number of nitrogens with zero attached hydrogens (tertiary/aromatic N) is 1. The average Bonchev–Trinajstić information content (AvgIpc) is 2.80. The smallest absolute Gasteiger partial charge is 0.363 e. The maximum absolute atomic E-state index is 11.9. The molecule has 22 heavy (non-hydrogen) atoms. The van der Waals surface area contributed by atoms with Crippen molar-refractivity contribution in [2.45, 2.75) is 0 Å². The molecule has 110 valence electrons. The molecule has 0 saturated carbocycles. The van der Waals surface area contributed by atoms with Crippen LogP contribution >= 0.6 is 34.8 Å². The van der Waals surface area contributed by atoms with Gasteiger partial charge in [-0.1, -0.05) is 46.9 Å². The number of carbonyl (C=O) groups is 1. The summed E-state index contributed by atoms with van der Waals surface area (Å²) in [5, 5.41) is 1.43. The zero-order chi connectivity index (χ0) is 15.7. The summed E-state index contributed by atoms with van der Waals surface area (Å²) in [6, 6.07) is 11.9. The van der Waals surface area contributed by atoms with Crippen LogP contribution < -0.4 is 0 Å². The van der Waals surface area contributed by atoms with Crippen molar-refractivity contribution in [3.05, 3.63) is 74.4 Å². The van der Waals surface area contributed by atoms with E-state index in [1.54, 1.807) is 42.5 Å². The highest BCUT2D eigenvalue weighted by molar-refractivity contribution is 6.37. The minimum atomic E-state index is -0.541. The van der Waals surface area contributed by atoms with Gasteiger partial charge in [-0.3, -0.25) is 0 Å². The van der Waals surface area contributed by atoms with Crippen molar-refractivity contribution >= 4 is 52.7 Å². The minimum absolute atomic E-state index is 0.153. The maximum atomic E-state index is 11.9. The summed E-state index contributed by atoms with van der Waals surface area (Å²) in [6.45, 7) is 0. The Kier molecular flexibility index (Phi) is 4.21. The van der Waals surface area contributed by atoms with Crippen molar-refractivity contribution in [2.24, 2.45) is 4.99 Å². The van der Waals surface area contributed by atoms with Crippen molar-refractivity contribution in [3.8, 4) is 0 Å². The van der Waals surface area contributed by atoms with Crippen LogP contribution in [-0.2, 0) is 9.53 Å². The van der Waals surface area contributed by atoms with Crippen LogP contribution in [0.2, 0.25) is 15.1 Å². The van der Waals surface area contributed by atoms with Gasteiger partial charge in [0.25, 0.3) is 0 Å². The Morgan fingerprint density at radius 3 is 2.50 bits per heavy atom. The van der Waals surface area contributed by atoms with Gasteiger partial charge in [-0.2, -0.15) is 0 Å². The molecule has 0 aliphatic carbocycles. The molecule has 0 atom stereocenters. The summed E-state index contributed by atoms with van der Waals surface area (Å²) in [5.41, 5.74) is 1.45. The molecule has 2 aromatic rings. The quantitative estimate of drug-likeness (QED) is 0.564. The van der Waals surface area contributed by atoms with Crippen molar-refractivity contribution in [1.29, 1.82) is 0 Å². The zero-order valence-corrected chi connectivity index (χ0v) is 13.3. The van der Waals surface area contributed by atoms with Gasteiger partial charge in [-0.25, -0.2) is 9.79 Å². The highest BCUT2D eigenvalue weighted by Crippen LogP contribution is 2.26. The molecule has 2 aromatic carbocycles. The second kappa shape index (κ2) is 6.13. The van der Waals surface area contributed by atoms with Crippen LogP contribution in [0.1, 0.15) is 11.1 Å². The van der Waals surface area contributed by atoms with E-state index in [1.807, 2.05) is 6.07 Å². The van der Waals surface area contributed by atoms with Crippen LogP contribution in [0.5, 0.6) is 0 Å². The lowest BCUT2D eigenvalue weighted by Gasteiger charge is -2.02. The highest BCUT2D eigenvalue weighted by Gasteiger charge is 2.25. The number of cyclic esters (lactones) is 1. The van der Waals surface area contributed by atoms with Crippen LogP contribution in [-0.4, -0.2) is 11.9 Å². The lowest BCUT2D eigenvalue weighted by Crippen LogP contribution is -2.05. The van der Waals surface area contributed by atoms with Gasteiger partial charge >= 0.3 is 5.97 Å². The number of benzene rings is 2. The third-order valence-electron chi connectivity index (χ3n) is 2.93. The number of hydrogen-bond acceptors (Lipinski definition) is 3. The number of halogens is 3. The minimum Gasteiger partial charge on any atom is -0.402 e. The monoisotopic (exact) mass is 351 g/mol. The van der Waals surface area contributed by atoms with E-state index >= 15 is 0 Å². The van der Waals surface area contributed by atoms with Crippen molar-refractivity contribution < 1.29 is 9.53 Å². The first-order valence-corrected chi connectivity index (χ1v) is 7.40. The molecule has 0 amide bonds. The highest BCUT2D eigenvalue weighted by atomic mass is 35.5. The van der Waals surface area contributed by atoms with Gasteiger partial charge in [-0.15, -0.1) is 0 Å². The fourth-order valence-electron chi connectivity index (χ4n) is 1.94. The van der Waals surface area contributed by atoms with Crippen LogP contribution in [0.15, 0.2) is 53.2 Å². The summed E-state index contributed by atoms with van der Waals surface area (Å²) < 4.78 is 5.17. The van der Waals surface area contributed by atoms with Crippen LogP contribution in [0.4, 0.5) is 0 Å². The van der Waals surface area contributed by atoms with E-state index < -0.39 is 5.97 Å². The van der Waals surface area contributed by atoms with Gasteiger partial charge in [0.1, 0.15) is 0 Å². The van der Waals surface area contributed by atoms with E-state index in [-0.39, 0.29) is 11.6 Å². The first-order chi connectivity index (χ1) is 10.5. The summed E-state index contributed by atoms with van der Waals surface area (Å²) >= 11 is 17.9. The molecule has 3 rings (SSSR count). The van der Waals surface area contributed by atoms with Gasteiger partial charge in [0, 0.05) is 10.0 Å². The largest absolute Gasteiger partial charge is 0.402 e. The SMILES string of the molecule is O=C1OC(c2ccc(Cl)cc2Cl)=NC1=Cc1cccc(Cl)c1. The fourth-order valence-corrected chi connectivity index (χ4v) is 2.63. The maximum Gasteiger partial charge on any atom is 0.363 e. The van der Waals surface area contributed by atoms with Crippen LogP contribution in [0.25, 0.3) is 6.08 Å². The molecule has 3 nitrogen and oxygen atoms in total. The third kappa shape index (κ3) is 3.17. The Balaban J connectivity index is 1.98. The number of esters is 1. The molecule has 0 N–H and O–H groups in total. The molecule has 1 heterocycles. The van der Waals surface area contributed by atoms with E-state index in [2.05, 4.69) is 4.99 Å². The second-order valence-electron chi connectivity index (χ2n) is 4.52. The van der Waals surface area contributed by atoms with Crippen molar-refractivity contribution in [3.63, 3.8) is 0 Å². The Morgan fingerprint density at radius 2 is 1.77 bits per heavy atom. The predicted molar refractivity (Wildman–Crippen MR) is 88.5 cm³/mol. The first-order valence-electron chi connectivity index (χ1n) is 6.26. The van der Waals surface area contributed by atoms with E-state index in [0.717, 1.165) is 5.56 Å². The van der Waals surface area contributed by atoms with Crippen LogP contribution in [0, 0.1) is 0 Å². The van der Waals surface area contributed by atoms with E-state index in [1.165, 1.54) is 0 Å². The molecule has 0 aromatic heterocycles. The number of carbonyl (C=O) groups excluding carboxylic acids is 1. The van der Waals surface area contributed by atoms with Crippen molar-refractivity contribution in [2.75, 3.05) is 0 Å². The molecule has 0 bridgehead atoms. The van der Waals surface area contributed by atoms with Gasteiger partial charge in [0.05, 0.1) is 10.6 Å². The van der Waals surface area contributed by atoms with Crippen molar-refractivity contribution in [1.82, 2.24) is 0 Å². The molecule has 0 radical (unpaired) electrons. The van der Waals surface area contributed by atoms with E-state index in [4.69, 9.17) is 39.5 Å². The molecular formula is C16H8Cl3NO2. The van der Waals surface area contributed by atoms with E-state index in [0.29, 0.717) is 20.6 Å². The molecule has 0 fully saturated rings. The third-order valence-corrected chi connectivity index (χ3v) is 3.72. The molecule has 1 aliphatic heterocycles. The Hall–Kier alpha value is -1.81. The second-order valence-corrected chi connectivity index (χ2v) is 5.80. The van der Waals surface area contributed by atoms with Gasteiger partial charge < -0.3 is 4.74 Å². The number of hydrogen-bond donors (Lipinski definition) is 0. The molecule has 0 saturated heterocycles. The molecule has 0 unspecified atom stereocenters. The van der Waals surface area contributed by atoms with Gasteiger partial charge in [0.15, 0.2) is 5.70 Å². The topological polar surface area (TPSA) is 38.7 Å². The Labute approximate surface area is 141 Å². The summed E-state index contributed by atoms with van der Waals surface area (Å²) in [6.07, 6.45) is 1.60. The molecule has 6 heteroatoms. The molecule has 1 aliphatic rings. The summed E-state index contributed by atoms with van der Waals surface area (Å²) in [5.74, 6) is -0.388. The number of rotatable bonds is 2. The predicted octanol–water partition coefficient (Wildman–Crippen LogP) is 4.99.